The zero-order valence-electron chi connectivity index (χ0n) is 17.1. The summed E-state index contributed by atoms with van der Waals surface area (Å²) < 4.78 is 3.83. The van der Waals surface area contributed by atoms with E-state index in [-0.39, 0.29) is 23.3 Å². The summed E-state index contributed by atoms with van der Waals surface area (Å²) in [6, 6.07) is 7.19. The summed E-state index contributed by atoms with van der Waals surface area (Å²) in [4.78, 5) is 36.2. The Morgan fingerprint density at radius 1 is 1.17 bits per heavy atom. The molecule has 3 aromatic rings. The number of likely N-dealkylation sites (tertiary alicyclic amines) is 1. The number of amides is 1. The Morgan fingerprint density at radius 3 is 2.73 bits per heavy atom. The Labute approximate surface area is 174 Å². The van der Waals surface area contributed by atoms with Crippen molar-refractivity contribution in [2.45, 2.75) is 25.8 Å². The predicted octanol–water partition coefficient (Wildman–Crippen LogP) is 1.79. The highest BCUT2D eigenvalue weighted by molar-refractivity contribution is 5.95. The van der Waals surface area contributed by atoms with Crippen LogP contribution in [0.15, 0.2) is 41.6 Å². The Morgan fingerprint density at radius 2 is 2.00 bits per heavy atom. The Balaban J connectivity index is 1.50. The second kappa shape index (κ2) is 6.83. The molecule has 0 unspecified atom stereocenters. The van der Waals surface area contributed by atoms with Gasteiger partial charge in [-0.1, -0.05) is 0 Å². The normalized spacial score (nSPS) is 20.1. The maximum absolute atomic E-state index is 13.2. The molecule has 1 fully saturated rings. The van der Waals surface area contributed by atoms with E-state index >= 15 is 0 Å². The van der Waals surface area contributed by atoms with Crippen molar-refractivity contribution in [2.75, 3.05) is 18.8 Å². The molecule has 0 saturated carbocycles. The fourth-order valence-corrected chi connectivity index (χ4v) is 4.81. The van der Waals surface area contributed by atoms with Gasteiger partial charge in [-0.15, -0.1) is 0 Å². The van der Waals surface area contributed by atoms with Gasteiger partial charge in [0.05, 0.1) is 11.3 Å². The van der Waals surface area contributed by atoms with Crippen molar-refractivity contribution in [1.29, 1.82) is 0 Å². The van der Waals surface area contributed by atoms with E-state index < -0.39 is 0 Å². The zero-order chi connectivity index (χ0) is 21.0. The lowest BCUT2D eigenvalue weighted by molar-refractivity contribution is 0.0594. The number of aromatic nitrogens is 4. The molecule has 2 aliphatic heterocycles. The molecule has 0 aliphatic carbocycles. The van der Waals surface area contributed by atoms with Gasteiger partial charge in [0.1, 0.15) is 12.1 Å². The quantitative estimate of drug-likeness (QED) is 0.702. The Hall–Kier alpha value is -3.42. The van der Waals surface area contributed by atoms with Crippen LogP contribution in [0, 0.1) is 12.8 Å². The van der Waals surface area contributed by atoms with Gasteiger partial charge in [-0.2, -0.15) is 0 Å². The molecule has 8 nitrogen and oxygen atoms in total. The third-order valence-corrected chi connectivity index (χ3v) is 6.44. The summed E-state index contributed by atoms with van der Waals surface area (Å²) in [5.74, 6) is 0.837. The number of hydrogen-bond donors (Lipinski definition) is 1. The van der Waals surface area contributed by atoms with Crippen molar-refractivity contribution in [3.8, 4) is 11.3 Å². The number of carbonyl (C=O) groups is 1. The predicted molar refractivity (Wildman–Crippen MR) is 113 cm³/mol. The zero-order valence-corrected chi connectivity index (χ0v) is 17.1. The highest BCUT2D eigenvalue weighted by atomic mass is 16.2. The minimum atomic E-state index is -0.0342. The van der Waals surface area contributed by atoms with Gasteiger partial charge in [-0.05, 0) is 31.4 Å². The summed E-state index contributed by atoms with van der Waals surface area (Å²) in [6.07, 6.45) is 4.30. The fourth-order valence-electron chi connectivity index (χ4n) is 4.81. The molecule has 0 aromatic carbocycles. The molecule has 3 aromatic heterocycles. The number of pyridine rings is 1. The van der Waals surface area contributed by atoms with Crippen molar-refractivity contribution in [3.63, 3.8) is 0 Å². The number of anilines is 1. The number of nitrogen functional groups attached to an aromatic ring is 1. The van der Waals surface area contributed by atoms with Gasteiger partial charge >= 0.3 is 0 Å². The maximum atomic E-state index is 13.2. The van der Waals surface area contributed by atoms with Crippen LogP contribution in [0.5, 0.6) is 0 Å². The second-order valence-electron chi connectivity index (χ2n) is 8.38. The highest BCUT2D eigenvalue weighted by Gasteiger charge is 2.37. The van der Waals surface area contributed by atoms with Crippen molar-refractivity contribution >= 4 is 11.7 Å². The van der Waals surface area contributed by atoms with Crippen LogP contribution in [0.4, 0.5) is 5.82 Å². The van der Waals surface area contributed by atoms with E-state index in [2.05, 4.69) is 9.97 Å². The van der Waals surface area contributed by atoms with Crippen LogP contribution >= 0.6 is 0 Å². The first-order valence-corrected chi connectivity index (χ1v) is 10.1. The average molecular weight is 404 g/mol. The van der Waals surface area contributed by atoms with Gasteiger partial charge in [-0.25, -0.2) is 9.97 Å². The minimum Gasteiger partial charge on any atom is -0.384 e. The van der Waals surface area contributed by atoms with Crippen molar-refractivity contribution < 1.29 is 4.79 Å². The van der Waals surface area contributed by atoms with Crippen molar-refractivity contribution in [1.82, 2.24) is 24.0 Å². The molecule has 5 heterocycles. The molecule has 1 saturated heterocycles. The van der Waals surface area contributed by atoms with Gasteiger partial charge in [-0.3, -0.25) is 9.59 Å². The van der Waals surface area contributed by atoms with Crippen LogP contribution in [0.2, 0.25) is 0 Å². The number of nitrogens with two attached hydrogens (primary N) is 1. The van der Waals surface area contributed by atoms with E-state index in [1.54, 1.807) is 12.1 Å². The van der Waals surface area contributed by atoms with Crippen LogP contribution in [-0.2, 0) is 13.6 Å². The molecule has 30 heavy (non-hydrogen) atoms. The molecular formula is C22H24N6O2. The van der Waals surface area contributed by atoms with E-state index in [1.165, 1.54) is 6.33 Å². The smallest absolute Gasteiger partial charge is 0.255 e. The standard InChI is InChI=1S/C22H24N6O2/c1-13-17(3-4-26(13)2)22(30)27-9-14-5-16(11-27)19-6-15(7-21(29)28(19)10-14)18-8-20(23)25-12-24-18/h3-4,6-8,12,14,16H,5,9-11H2,1-2H3,(H2,23,24,25)/t14-,16+/m0/s1. The van der Waals surface area contributed by atoms with Crippen LogP contribution in [0.25, 0.3) is 11.3 Å². The first-order chi connectivity index (χ1) is 14.4. The molecular weight excluding hydrogens is 380 g/mol. The van der Waals surface area contributed by atoms with E-state index in [0.717, 1.165) is 28.9 Å². The Bertz CT molecular complexity index is 1210. The van der Waals surface area contributed by atoms with Crippen LogP contribution < -0.4 is 11.3 Å². The number of fused-ring (bicyclic) bond motifs is 4. The average Bonchev–Trinajstić information content (AvgIpc) is 3.06. The fraction of sp³-hybridized carbons (Fsp3) is 0.364. The number of rotatable bonds is 2. The summed E-state index contributed by atoms with van der Waals surface area (Å²) in [7, 11) is 1.95. The molecule has 154 valence electrons. The summed E-state index contributed by atoms with van der Waals surface area (Å²) >= 11 is 0. The van der Waals surface area contributed by atoms with Gasteiger partial charge in [0.15, 0.2) is 0 Å². The molecule has 1 amide bonds. The first-order valence-electron chi connectivity index (χ1n) is 10.1. The highest BCUT2D eigenvalue weighted by Crippen LogP contribution is 2.37. The lowest BCUT2D eigenvalue weighted by Gasteiger charge is -2.43. The minimum absolute atomic E-state index is 0.0342. The molecule has 5 rings (SSSR count). The molecule has 2 N–H and O–H groups in total. The molecule has 0 spiro atoms. The van der Waals surface area contributed by atoms with E-state index in [4.69, 9.17) is 5.73 Å². The largest absolute Gasteiger partial charge is 0.384 e. The SMILES string of the molecule is Cc1c(C(=O)N2C[C@@H]3C[C@H](C2)c2cc(-c4cc(N)ncn4)cc(=O)n2C3)ccn1C. The number of carbonyl (C=O) groups excluding carboxylic acids is 1. The third-order valence-electron chi connectivity index (χ3n) is 6.44. The first kappa shape index (κ1) is 18.6. The number of aryl methyl sites for hydroxylation is 1. The second-order valence-corrected chi connectivity index (χ2v) is 8.38. The van der Waals surface area contributed by atoms with Gasteiger partial charge in [0, 0.05) is 67.9 Å². The third kappa shape index (κ3) is 2.99. The topological polar surface area (TPSA) is 99.0 Å². The molecule has 2 aliphatic rings. The molecule has 0 radical (unpaired) electrons. The van der Waals surface area contributed by atoms with Gasteiger partial charge < -0.3 is 19.8 Å². The number of hydrogen-bond acceptors (Lipinski definition) is 5. The summed E-state index contributed by atoms with van der Waals surface area (Å²) in [5, 5.41) is 0. The maximum Gasteiger partial charge on any atom is 0.255 e. The summed E-state index contributed by atoms with van der Waals surface area (Å²) in [5.41, 5.74) is 9.81. The lowest BCUT2D eigenvalue weighted by atomic mass is 9.82. The van der Waals surface area contributed by atoms with Gasteiger partial charge in [0.25, 0.3) is 11.5 Å². The van der Waals surface area contributed by atoms with Crippen molar-refractivity contribution in [3.05, 3.63) is 64.1 Å². The number of piperidine rings is 1. The van der Waals surface area contributed by atoms with Crippen LogP contribution in [0.3, 0.4) is 0 Å². The molecule has 2 atom stereocenters. The van der Waals surface area contributed by atoms with Crippen LogP contribution in [0.1, 0.15) is 34.1 Å². The van der Waals surface area contributed by atoms with Crippen molar-refractivity contribution in [2.24, 2.45) is 13.0 Å². The van der Waals surface area contributed by atoms with E-state index in [1.807, 2.05) is 46.3 Å². The summed E-state index contributed by atoms with van der Waals surface area (Å²) in [6.45, 7) is 3.89. The van der Waals surface area contributed by atoms with E-state index in [0.29, 0.717) is 31.1 Å². The molecule has 8 heteroatoms. The monoisotopic (exact) mass is 404 g/mol. The lowest BCUT2D eigenvalue weighted by Crippen LogP contribution is -2.49. The Kier molecular flexibility index (Phi) is 4.23. The van der Waals surface area contributed by atoms with Crippen LogP contribution in [-0.4, -0.2) is 43.0 Å². The molecule has 2 bridgehead atoms. The number of nitrogens with zero attached hydrogens (tertiary/aromatic N) is 5. The van der Waals surface area contributed by atoms with Gasteiger partial charge in [0.2, 0.25) is 0 Å². The van der Waals surface area contributed by atoms with E-state index in [9.17, 15) is 9.59 Å².